The average Bonchev–Trinajstić information content (AvgIpc) is 2.39. The van der Waals surface area contributed by atoms with Crippen molar-refractivity contribution in [2.45, 2.75) is 0 Å². The number of hydrogen-bond donors (Lipinski definition) is 2. The van der Waals surface area contributed by atoms with Crippen LogP contribution in [0.2, 0.25) is 0 Å². The Morgan fingerprint density at radius 2 is 1.67 bits per heavy atom. The van der Waals surface area contributed by atoms with Gasteiger partial charge in [0.1, 0.15) is 0 Å². The van der Waals surface area contributed by atoms with E-state index < -0.39 is 11.9 Å². The molecule has 0 aliphatic rings. The number of carboxylic acid groups (broad SMARTS) is 2. The molecular formula is C14H9O4. The van der Waals surface area contributed by atoms with Gasteiger partial charge in [0.05, 0.1) is 11.1 Å². The van der Waals surface area contributed by atoms with Crippen molar-refractivity contribution in [3.8, 4) is 11.1 Å². The molecule has 0 unspecified atom stereocenters. The van der Waals surface area contributed by atoms with Crippen molar-refractivity contribution < 1.29 is 19.8 Å². The lowest BCUT2D eigenvalue weighted by Crippen LogP contribution is -1.98. The summed E-state index contributed by atoms with van der Waals surface area (Å²) < 4.78 is 0. The topological polar surface area (TPSA) is 74.6 Å². The molecule has 0 saturated heterocycles. The second-order valence-corrected chi connectivity index (χ2v) is 3.67. The van der Waals surface area contributed by atoms with Crippen LogP contribution in [0.3, 0.4) is 0 Å². The van der Waals surface area contributed by atoms with Gasteiger partial charge in [0.15, 0.2) is 0 Å². The molecular weight excluding hydrogens is 232 g/mol. The van der Waals surface area contributed by atoms with Crippen LogP contribution >= 0.6 is 0 Å². The van der Waals surface area contributed by atoms with E-state index in [2.05, 4.69) is 6.07 Å². The molecule has 0 amide bonds. The lowest BCUT2D eigenvalue weighted by molar-refractivity contribution is 0.0685. The van der Waals surface area contributed by atoms with Crippen LogP contribution < -0.4 is 0 Å². The first-order valence-electron chi connectivity index (χ1n) is 5.17. The third kappa shape index (κ3) is 2.38. The molecule has 2 rings (SSSR count). The standard InChI is InChI=1S/C14H9O4/c15-13(16)11-5-1-3-9(7-11)10-4-2-6-12(8-10)14(17)18/h1-7H,(H,15,16)(H,17,18). The maximum absolute atomic E-state index is 10.9. The molecule has 0 spiro atoms. The van der Waals surface area contributed by atoms with Gasteiger partial charge in [0.2, 0.25) is 0 Å². The summed E-state index contributed by atoms with van der Waals surface area (Å²) in [5.74, 6) is -2.09. The Morgan fingerprint density at radius 1 is 0.944 bits per heavy atom. The fourth-order valence-electron chi connectivity index (χ4n) is 1.58. The normalized spacial score (nSPS) is 10.0. The van der Waals surface area contributed by atoms with Gasteiger partial charge >= 0.3 is 11.9 Å². The highest BCUT2D eigenvalue weighted by molar-refractivity contribution is 5.91. The zero-order valence-electron chi connectivity index (χ0n) is 9.25. The van der Waals surface area contributed by atoms with Crippen LogP contribution in [0.25, 0.3) is 11.1 Å². The molecule has 0 saturated carbocycles. The van der Waals surface area contributed by atoms with Crippen molar-refractivity contribution in [1.29, 1.82) is 0 Å². The molecule has 2 aromatic carbocycles. The molecule has 2 aromatic rings. The molecule has 89 valence electrons. The van der Waals surface area contributed by atoms with E-state index in [-0.39, 0.29) is 11.1 Å². The number of rotatable bonds is 3. The van der Waals surface area contributed by atoms with Gasteiger partial charge in [-0.15, -0.1) is 0 Å². The zero-order chi connectivity index (χ0) is 13.1. The fraction of sp³-hybridized carbons (Fsp3) is 0. The zero-order valence-corrected chi connectivity index (χ0v) is 9.25. The highest BCUT2D eigenvalue weighted by Crippen LogP contribution is 2.21. The minimum absolute atomic E-state index is 0.0493. The van der Waals surface area contributed by atoms with Gasteiger partial charge in [-0.1, -0.05) is 24.3 Å². The predicted octanol–water partition coefficient (Wildman–Crippen LogP) is 2.55. The van der Waals surface area contributed by atoms with Crippen LogP contribution in [-0.2, 0) is 0 Å². The van der Waals surface area contributed by atoms with Crippen LogP contribution in [0.5, 0.6) is 0 Å². The fourth-order valence-corrected chi connectivity index (χ4v) is 1.58. The predicted molar refractivity (Wildman–Crippen MR) is 64.6 cm³/mol. The van der Waals surface area contributed by atoms with E-state index in [4.69, 9.17) is 10.2 Å². The van der Waals surface area contributed by atoms with E-state index >= 15 is 0 Å². The smallest absolute Gasteiger partial charge is 0.336 e. The van der Waals surface area contributed by atoms with Crippen molar-refractivity contribution in [1.82, 2.24) is 0 Å². The van der Waals surface area contributed by atoms with E-state index in [1.807, 2.05) is 0 Å². The Bertz CT molecular complexity index is 561. The first kappa shape index (κ1) is 11.9. The summed E-state index contributed by atoms with van der Waals surface area (Å²) >= 11 is 0. The Hall–Kier alpha value is -2.62. The summed E-state index contributed by atoms with van der Waals surface area (Å²) in [6, 6.07) is 13.7. The first-order chi connectivity index (χ1) is 8.58. The van der Waals surface area contributed by atoms with Crippen molar-refractivity contribution in [3.63, 3.8) is 0 Å². The number of carbonyl (C=O) groups is 2. The minimum atomic E-state index is -1.06. The van der Waals surface area contributed by atoms with Crippen LogP contribution in [0.1, 0.15) is 20.7 Å². The molecule has 0 aromatic heterocycles. The lowest BCUT2D eigenvalue weighted by Gasteiger charge is -2.03. The highest BCUT2D eigenvalue weighted by Gasteiger charge is 2.08. The quantitative estimate of drug-likeness (QED) is 0.865. The average molecular weight is 241 g/mol. The summed E-state index contributed by atoms with van der Waals surface area (Å²) in [5, 5.41) is 17.8. The van der Waals surface area contributed by atoms with Crippen molar-refractivity contribution in [2.75, 3.05) is 0 Å². The summed E-state index contributed by atoms with van der Waals surface area (Å²) in [7, 11) is 0. The molecule has 0 bridgehead atoms. The number of benzene rings is 2. The Kier molecular flexibility index (Phi) is 3.10. The van der Waals surface area contributed by atoms with E-state index in [1.54, 1.807) is 24.3 Å². The maximum atomic E-state index is 10.9. The van der Waals surface area contributed by atoms with Crippen LogP contribution in [0, 0.1) is 6.07 Å². The van der Waals surface area contributed by atoms with Gasteiger partial charge in [0, 0.05) is 6.07 Å². The molecule has 0 aliphatic carbocycles. The van der Waals surface area contributed by atoms with Gasteiger partial charge in [0.25, 0.3) is 0 Å². The molecule has 4 nitrogen and oxygen atoms in total. The Morgan fingerprint density at radius 3 is 2.33 bits per heavy atom. The molecule has 4 heteroatoms. The third-order valence-electron chi connectivity index (χ3n) is 2.45. The van der Waals surface area contributed by atoms with Gasteiger partial charge in [-0.25, -0.2) is 9.59 Å². The summed E-state index contributed by atoms with van der Waals surface area (Å²) in [6.45, 7) is 0. The SMILES string of the molecule is O=C(O)c1[c]c(-c2cccc(C(=O)O)c2)ccc1. The molecule has 0 aliphatic heterocycles. The van der Waals surface area contributed by atoms with Crippen molar-refractivity contribution in [2.24, 2.45) is 0 Å². The van der Waals surface area contributed by atoms with Crippen molar-refractivity contribution in [3.05, 3.63) is 59.7 Å². The number of aromatic carboxylic acids is 2. The van der Waals surface area contributed by atoms with Gasteiger partial charge in [-0.3, -0.25) is 0 Å². The van der Waals surface area contributed by atoms with Crippen molar-refractivity contribution >= 4 is 11.9 Å². The number of carboxylic acids is 2. The molecule has 0 atom stereocenters. The van der Waals surface area contributed by atoms with Gasteiger partial charge < -0.3 is 10.2 Å². The second kappa shape index (κ2) is 4.71. The molecule has 1 radical (unpaired) electrons. The van der Waals surface area contributed by atoms with Crippen LogP contribution in [0.15, 0.2) is 42.5 Å². The third-order valence-corrected chi connectivity index (χ3v) is 2.45. The molecule has 2 N–H and O–H groups in total. The first-order valence-corrected chi connectivity index (χ1v) is 5.17. The summed E-state index contributed by atoms with van der Waals surface area (Å²) in [6.07, 6.45) is 0. The highest BCUT2D eigenvalue weighted by atomic mass is 16.4. The maximum Gasteiger partial charge on any atom is 0.336 e. The largest absolute Gasteiger partial charge is 0.478 e. The minimum Gasteiger partial charge on any atom is -0.478 e. The van der Waals surface area contributed by atoms with Crippen LogP contribution in [-0.4, -0.2) is 22.2 Å². The Balaban J connectivity index is 2.48. The lowest BCUT2D eigenvalue weighted by atomic mass is 10.0. The van der Waals surface area contributed by atoms with Gasteiger partial charge in [-0.05, 0) is 29.3 Å². The Labute approximate surface area is 103 Å². The summed E-state index contributed by atoms with van der Waals surface area (Å²) in [5.41, 5.74) is 1.38. The second-order valence-electron chi connectivity index (χ2n) is 3.67. The monoisotopic (exact) mass is 241 g/mol. The van der Waals surface area contributed by atoms with E-state index in [9.17, 15) is 9.59 Å². The molecule has 18 heavy (non-hydrogen) atoms. The number of hydrogen-bond acceptors (Lipinski definition) is 2. The summed E-state index contributed by atoms with van der Waals surface area (Å²) in [4.78, 5) is 21.7. The molecule has 0 fully saturated rings. The van der Waals surface area contributed by atoms with Crippen LogP contribution in [0.4, 0.5) is 0 Å². The van der Waals surface area contributed by atoms with Gasteiger partial charge in [-0.2, -0.15) is 0 Å². The van der Waals surface area contributed by atoms with E-state index in [0.29, 0.717) is 11.1 Å². The van der Waals surface area contributed by atoms with E-state index in [0.717, 1.165) is 0 Å². The van der Waals surface area contributed by atoms with E-state index in [1.165, 1.54) is 18.2 Å². The molecule has 0 heterocycles.